The fraction of sp³-hybridized carbons (Fsp3) is 0.636. The molecular weight excluding hydrogens is 258 g/mol. The number of Topliss-reactive ketones (excluding diaryl/α,β-unsaturated/α-hetero) is 1. The van der Waals surface area contributed by atoms with Crippen molar-refractivity contribution >= 4 is 34.5 Å². The first-order valence-corrected chi connectivity index (χ1v) is 6.62. The van der Waals surface area contributed by atoms with Gasteiger partial charge in [0, 0.05) is 18.7 Å². The van der Waals surface area contributed by atoms with Crippen LogP contribution in [0.3, 0.4) is 0 Å². The molecule has 0 aliphatic heterocycles. The van der Waals surface area contributed by atoms with Crippen molar-refractivity contribution in [1.82, 2.24) is 5.32 Å². The predicted octanol–water partition coefficient (Wildman–Crippen LogP) is 0.295. The van der Waals surface area contributed by atoms with Gasteiger partial charge in [0.25, 0.3) is 0 Å². The van der Waals surface area contributed by atoms with Gasteiger partial charge >= 0.3 is 5.97 Å². The minimum atomic E-state index is -0.981. The van der Waals surface area contributed by atoms with E-state index in [-0.39, 0.29) is 12.5 Å². The first-order valence-electron chi connectivity index (χ1n) is 5.63. The van der Waals surface area contributed by atoms with E-state index in [1.54, 1.807) is 13.8 Å². The highest BCUT2D eigenvalue weighted by Gasteiger charge is 2.18. The molecule has 7 heteroatoms. The molecule has 0 fully saturated rings. The van der Waals surface area contributed by atoms with Crippen molar-refractivity contribution in [3.63, 3.8) is 0 Å². The van der Waals surface area contributed by atoms with Crippen LogP contribution in [-0.4, -0.2) is 41.7 Å². The summed E-state index contributed by atoms with van der Waals surface area (Å²) in [4.78, 5) is 44.3. The SMILES string of the molecule is CCOC(=O)C(=O)CC(=O)SCCNC(=O)CC. The summed E-state index contributed by atoms with van der Waals surface area (Å²) in [6.45, 7) is 3.77. The third kappa shape index (κ3) is 7.83. The standard InChI is InChI=1S/C11H17NO5S/c1-3-9(14)12-5-6-18-10(15)7-8(13)11(16)17-4-2/h3-7H2,1-2H3,(H,12,14). The van der Waals surface area contributed by atoms with Gasteiger partial charge in [0.05, 0.1) is 13.0 Å². The molecule has 18 heavy (non-hydrogen) atoms. The van der Waals surface area contributed by atoms with E-state index in [1.165, 1.54) is 0 Å². The lowest BCUT2D eigenvalue weighted by Crippen LogP contribution is -2.25. The van der Waals surface area contributed by atoms with Crippen molar-refractivity contribution < 1.29 is 23.9 Å². The molecular formula is C11H17NO5S. The van der Waals surface area contributed by atoms with Crippen LogP contribution in [0.1, 0.15) is 26.7 Å². The molecule has 0 saturated heterocycles. The third-order valence-electron chi connectivity index (χ3n) is 1.82. The van der Waals surface area contributed by atoms with E-state index in [1.807, 2.05) is 0 Å². The number of thioether (sulfide) groups is 1. The number of ketones is 1. The largest absolute Gasteiger partial charge is 0.460 e. The Labute approximate surface area is 110 Å². The maximum atomic E-state index is 11.3. The number of rotatable bonds is 8. The summed E-state index contributed by atoms with van der Waals surface area (Å²) in [6.07, 6.45) is -0.0782. The molecule has 0 unspecified atom stereocenters. The molecule has 0 aromatic rings. The molecule has 1 amide bonds. The number of hydrogen-bond acceptors (Lipinski definition) is 6. The van der Waals surface area contributed by atoms with Crippen molar-refractivity contribution in [1.29, 1.82) is 0 Å². The molecule has 0 spiro atoms. The van der Waals surface area contributed by atoms with Crippen molar-refractivity contribution in [3.05, 3.63) is 0 Å². The Balaban J connectivity index is 3.74. The lowest BCUT2D eigenvalue weighted by atomic mass is 10.3. The van der Waals surface area contributed by atoms with Gasteiger partial charge in [-0.25, -0.2) is 4.79 Å². The van der Waals surface area contributed by atoms with Crippen LogP contribution >= 0.6 is 11.8 Å². The number of carbonyl (C=O) groups is 4. The molecule has 0 aromatic carbocycles. The molecule has 1 N–H and O–H groups in total. The van der Waals surface area contributed by atoms with E-state index in [9.17, 15) is 19.2 Å². The van der Waals surface area contributed by atoms with Crippen molar-refractivity contribution in [2.75, 3.05) is 18.9 Å². The van der Waals surface area contributed by atoms with Gasteiger partial charge in [0.15, 0.2) is 5.12 Å². The fourth-order valence-corrected chi connectivity index (χ4v) is 1.61. The topological polar surface area (TPSA) is 89.5 Å². The van der Waals surface area contributed by atoms with Crippen LogP contribution in [0.5, 0.6) is 0 Å². The minimum Gasteiger partial charge on any atom is -0.460 e. The van der Waals surface area contributed by atoms with Gasteiger partial charge < -0.3 is 10.1 Å². The zero-order valence-electron chi connectivity index (χ0n) is 10.5. The number of ether oxygens (including phenoxy) is 1. The highest BCUT2D eigenvalue weighted by Crippen LogP contribution is 2.05. The van der Waals surface area contributed by atoms with Crippen LogP contribution < -0.4 is 5.32 Å². The van der Waals surface area contributed by atoms with Crippen LogP contribution in [0.4, 0.5) is 0 Å². The quantitative estimate of drug-likeness (QED) is 0.296. The van der Waals surface area contributed by atoms with E-state index in [0.717, 1.165) is 11.8 Å². The van der Waals surface area contributed by atoms with E-state index in [0.29, 0.717) is 18.7 Å². The molecule has 0 rings (SSSR count). The second kappa shape index (κ2) is 9.64. The second-order valence-corrected chi connectivity index (χ2v) is 4.40. The van der Waals surface area contributed by atoms with Crippen molar-refractivity contribution in [3.8, 4) is 0 Å². The summed E-state index contributed by atoms with van der Waals surface area (Å²) in [6, 6.07) is 0. The highest BCUT2D eigenvalue weighted by atomic mass is 32.2. The molecule has 0 radical (unpaired) electrons. The predicted molar refractivity (Wildman–Crippen MR) is 67.0 cm³/mol. The molecule has 102 valence electrons. The highest BCUT2D eigenvalue weighted by molar-refractivity contribution is 8.13. The molecule has 0 heterocycles. The van der Waals surface area contributed by atoms with Crippen LogP contribution in [0.2, 0.25) is 0 Å². The zero-order chi connectivity index (χ0) is 14.0. The summed E-state index contributed by atoms with van der Waals surface area (Å²) < 4.78 is 4.47. The van der Waals surface area contributed by atoms with E-state index in [2.05, 4.69) is 10.1 Å². The molecule has 0 atom stereocenters. The fourth-order valence-electron chi connectivity index (χ4n) is 0.946. The first kappa shape index (κ1) is 16.6. The summed E-state index contributed by atoms with van der Waals surface area (Å²) >= 11 is 0.910. The Morgan fingerprint density at radius 3 is 2.39 bits per heavy atom. The number of amides is 1. The number of hydrogen-bond donors (Lipinski definition) is 1. The summed E-state index contributed by atoms with van der Waals surface area (Å²) in [5, 5.41) is 2.19. The Kier molecular flexibility index (Phi) is 8.91. The molecule has 0 aromatic heterocycles. The van der Waals surface area contributed by atoms with E-state index < -0.39 is 23.3 Å². The second-order valence-electron chi connectivity index (χ2n) is 3.24. The van der Waals surface area contributed by atoms with Crippen LogP contribution in [0, 0.1) is 0 Å². The van der Waals surface area contributed by atoms with Gasteiger partial charge in [-0.05, 0) is 6.92 Å². The lowest BCUT2D eigenvalue weighted by Gasteiger charge is -2.02. The maximum Gasteiger partial charge on any atom is 0.375 e. The van der Waals surface area contributed by atoms with Crippen LogP contribution in [0.15, 0.2) is 0 Å². The Hall–Kier alpha value is -1.37. The normalized spacial score (nSPS) is 9.67. The molecule has 0 bridgehead atoms. The zero-order valence-corrected chi connectivity index (χ0v) is 11.3. The summed E-state index contributed by atoms with van der Waals surface area (Å²) in [5.41, 5.74) is 0. The average Bonchev–Trinajstić information content (AvgIpc) is 2.34. The van der Waals surface area contributed by atoms with Gasteiger partial charge in [0.2, 0.25) is 11.7 Å². The third-order valence-corrected chi connectivity index (χ3v) is 2.69. The molecule has 6 nitrogen and oxygen atoms in total. The minimum absolute atomic E-state index is 0.0920. The van der Waals surface area contributed by atoms with Crippen molar-refractivity contribution in [2.45, 2.75) is 26.7 Å². The smallest absolute Gasteiger partial charge is 0.375 e. The van der Waals surface area contributed by atoms with E-state index >= 15 is 0 Å². The van der Waals surface area contributed by atoms with Gasteiger partial charge in [-0.1, -0.05) is 18.7 Å². The molecule has 0 saturated carbocycles. The monoisotopic (exact) mass is 275 g/mol. The number of carbonyl (C=O) groups excluding carboxylic acids is 4. The van der Waals surface area contributed by atoms with Crippen LogP contribution in [0.25, 0.3) is 0 Å². The van der Waals surface area contributed by atoms with Gasteiger partial charge in [-0.15, -0.1) is 0 Å². The summed E-state index contributed by atoms with van der Waals surface area (Å²) in [5.74, 6) is -1.54. The molecule has 0 aliphatic carbocycles. The van der Waals surface area contributed by atoms with Crippen LogP contribution in [-0.2, 0) is 23.9 Å². The average molecular weight is 275 g/mol. The number of esters is 1. The Morgan fingerprint density at radius 1 is 1.17 bits per heavy atom. The van der Waals surface area contributed by atoms with Gasteiger partial charge in [-0.2, -0.15) is 0 Å². The Morgan fingerprint density at radius 2 is 1.83 bits per heavy atom. The lowest BCUT2D eigenvalue weighted by molar-refractivity contribution is -0.153. The van der Waals surface area contributed by atoms with Gasteiger partial charge in [0.1, 0.15) is 0 Å². The van der Waals surface area contributed by atoms with E-state index in [4.69, 9.17) is 0 Å². The maximum absolute atomic E-state index is 11.3. The Bertz CT molecular complexity index is 329. The molecule has 0 aliphatic rings. The summed E-state index contributed by atoms with van der Waals surface area (Å²) in [7, 11) is 0. The number of nitrogens with one attached hydrogen (secondary N) is 1. The first-order chi connectivity index (χ1) is 8.51. The van der Waals surface area contributed by atoms with Gasteiger partial charge in [-0.3, -0.25) is 14.4 Å². The van der Waals surface area contributed by atoms with Crippen molar-refractivity contribution in [2.24, 2.45) is 0 Å².